The van der Waals surface area contributed by atoms with Crippen molar-refractivity contribution in [2.24, 2.45) is 0 Å². The Labute approximate surface area is 131 Å². The summed E-state index contributed by atoms with van der Waals surface area (Å²) in [6, 6.07) is 8.36. The number of rotatable bonds is 5. The topological polar surface area (TPSA) is 47.5 Å². The molecule has 3 rings (SSSR count). The molecule has 0 saturated carbocycles. The standard InChI is InChI=1S/C17H23N3O2/c1-13-15-5-3-4-6-16(15)17(19-18-13)20-9-7-14(8-10-20)22-12-11-21-2/h3-6,14H,7-12H2,1-2H3. The minimum absolute atomic E-state index is 0.330. The molecule has 22 heavy (non-hydrogen) atoms. The summed E-state index contributed by atoms with van der Waals surface area (Å²) < 4.78 is 10.9. The van der Waals surface area contributed by atoms with Crippen molar-refractivity contribution in [1.82, 2.24) is 10.2 Å². The highest BCUT2D eigenvalue weighted by Gasteiger charge is 2.22. The van der Waals surface area contributed by atoms with E-state index in [1.165, 1.54) is 10.8 Å². The van der Waals surface area contributed by atoms with Crippen LogP contribution < -0.4 is 4.90 Å². The number of benzene rings is 1. The van der Waals surface area contributed by atoms with Gasteiger partial charge in [-0.05, 0) is 19.8 Å². The smallest absolute Gasteiger partial charge is 0.159 e. The Morgan fingerprint density at radius 1 is 1.09 bits per heavy atom. The molecule has 1 aromatic carbocycles. The molecule has 1 aromatic heterocycles. The van der Waals surface area contributed by atoms with Gasteiger partial charge in [0.05, 0.1) is 25.0 Å². The molecule has 1 aliphatic rings. The van der Waals surface area contributed by atoms with Crippen molar-refractivity contribution in [3.8, 4) is 0 Å². The molecule has 0 amide bonds. The largest absolute Gasteiger partial charge is 0.382 e. The highest BCUT2D eigenvalue weighted by molar-refractivity contribution is 5.93. The summed E-state index contributed by atoms with van der Waals surface area (Å²) in [6.07, 6.45) is 2.37. The number of methoxy groups -OCH3 is 1. The van der Waals surface area contributed by atoms with Crippen molar-refractivity contribution in [3.05, 3.63) is 30.0 Å². The first kappa shape index (κ1) is 15.2. The molecule has 0 bridgehead atoms. The third-order valence-corrected chi connectivity index (χ3v) is 4.24. The molecule has 0 atom stereocenters. The lowest BCUT2D eigenvalue weighted by atomic mass is 10.1. The first-order chi connectivity index (χ1) is 10.8. The van der Waals surface area contributed by atoms with Crippen molar-refractivity contribution in [1.29, 1.82) is 0 Å². The first-order valence-corrected chi connectivity index (χ1v) is 7.87. The number of anilines is 1. The van der Waals surface area contributed by atoms with E-state index >= 15 is 0 Å². The fraction of sp³-hybridized carbons (Fsp3) is 0.529. The summed E-state index contributed by atoms with van der Waals surface area (Å²) in [4.78, 5) is 2.32. The highest BCUT2D eigenvalue weighted by Crippen LogP contribution is 2.28. The van der Waals surface area contributed by atoms with E-state index in [1.807, 2.05) is 6.92 Å². The SMILES string of the molecule is COCCOC1CCN(c2nnc(C)c3ccccc23)CC1. The molecule has 0 unspecified atom stereocenters. The van der Waals surface area contributed by atoms with E-state index in [9.17, 15) is 0 Å². The van der Waals surface area contributed by atoms with Gasteiger partial charge in [0.25, 0.3) is 0 Å². The van der Waals surface area contributed by atoms with Gasteiger partial charge in [-0.15, -0.1) is 5.10 Å². The molecule has 5 heteroatoms. The van der Waals surface area contributed by atoms with Crippen molar-refractivity contribution >= 4 is 16.6 Å². The molecule has 2 aromatic rings. The molecular weight excluding hydrogens is 278 g/mol. The van der Waals surface area contributed by atoms with Gasteiger partial charge in [0.1, 0.15) is 0 Å². The molecule has 1 saturated heterocycles. The van der Waals surface area contributed by atoms with Gasteiger partial charge < -0.3 is 14.4 Å². The third-order valence-electron chi connectivity index (χ3n) is 4.24. The van der Waals surface area contributed by atoms with Gasteiger partial charge in [-0.25, -0.2) is 0 Å². The maximum atomic E-state index is 5.83. The van der Waals surface area contributed by atoms with Crippen molar-refractivity contribution in [2.75, 3.05) is 38.3 Å². The molecule has 2 heterocycles. The molecule has 0 aliphatic carbocycles. The van der Waals surface area contributed by atoms with Gasteiger partial charge >= 0.3 is 0 Å². The van der Waals surface area contributed by atoms with E-state index in [-0.39, 0.29) is 0 Å². The maximum absolute atomic E-state index is 5.83. The van der Waals surface area contributed by atoms with Crippen LogP contribution in [0, 0.1) is 6.92 Å². The van der Waals surface area contributed by atoms with Gasteiger partial charge in [0.15, 0.2) is 5.82 Å². The fourth-order valence-electron chi connectivity index (χ4n) is 2.99. The number of ether oxygens (including phenoxy) is 2. The van der Waals surface area contributed by atoms with Crippen LogP contribution in [0.25, 0.3) is 10.8 Å². The lowest BCUT2D eigenvalue weighted by Crippen LogP contribution is -2.38. The Bertz CT molecular complexity index is 624. The van der Waals surface area contributed by atoms with Crippen LogP contribution in [0.3, 0.4) is 0 Å². The maximum Gasteiger partial charge on any atom is 0.159 e. The zero-order valence-electron chi connectivity index (χ0n) is 13.3. The van der Waals surface area contributed by atoms with Crippen LogP contribution in [0.5, 0.6) is 0 Å². The van der Waals surface area contributed by atoms with Crippen LogP contribution in [0.4, 0.5) is 5.82 Å². The number of aromatic nitrogens is 2. The van der Waals surface area contributed by atoms with Crippen LogP contribution in [0.1, 0.15) is 18.5 Å². The minimum Gasteiger partial charge on any atom is -0.382 e. The summed E-state index contributed by atoms with van der Waals surface area (Å²) in [5, 5.41) is 11.1. The van der Waals surface area contributed by atoms with Gasteiger partial charge in [0.2, 0.25) is 0 Å². The lowest BCUT2D eigenvalue weighted by Gasteiger charge is -2.33. The number of hydrogen-bond donors (Lipinski definition) is 0. The van der Waals surface area contributed by atoms with Crippen molar-refractivity contribution in [2.45, 2.75) is 25.9 Å². The number of hydrogen-bond acceptors (Lipinski definition) is 5. The van der Waals surface area contributed by atoms with Gasteiger partial charge in [-0.1, -0.05) is 24.3 Å². The second kappa shape index (κ2) is 7.03. The first-order valence-electron chi connectivity index (χ1n) is 7.87. The van der Waals surface area contributed by atoms with Gasteiger partial charge in [0, 0.05) is 31.0 Å². The Morgan fingerprint density at radius 3 is 2.55 bits per heavy atom. The summed E-state index contributed by atoms with van der Waals surface area (Å²) >= 11 is 0. The second-order valence-electron chi connectivity index (χ2n) is 5.70. The average molecular weight is 301 g/mol. The molecule has 5 nitrogen and oxygen atoms in total. The predicted octanol–water partition coefficient (Wildman–Crippen LogP) is 2.57. The van der Waals surface area contributed by atoms with Crippen LogP contribution in [0.2, 0.25) is 0 Å². The number of piperidine rings is 1. The number of nitrogens with zero attached hydrogens (tertiary/aromatic N) is 3. The summed E-state index contributed by atoms with van der Waals surface area (Å²) in [7, 11) is 1.70. The van der Waals surface area contributed by atoms with Crippen molar-refractivity contribution < 1.29 is 9.47 Å². The zero-order chi connectivity index (χ0) is 15.4. The third kappa shape index (κ3) is 3.20. The molecule has 0 radical (unpaired) electrons. The zero-order valence-corrected chi connectivity index (χ0v) is 13.3. The minimum atomic E-state index is 0.330. The van der Waals surface area contributed by atoms with E-state index in [0.29, 0.717) is 19.3 Å². The Kier molecular flexibility index (Phi) is 4.85. The van der Waals surface area contributed by atoms with E-state index in [1.54, 1.807) is 7.11 Å². The Morgan fingerprint density at radius 2 is 1.82 bits per heavy atom. The fourth-order valence-corrected chi connectivity index (χ4v) is 2.99. The van der Waals surface area contributed by atoms with Crippen LogP contribution in [-0.4, -0.2) is 49.7 Å². The summed E-state index contributed by atoms with van der Waals surface area (Å²) in [5.41, 5.74) is 0.983. The van der Waals surface area contributed by atoms with E-state index in [4.69, 9.17) is 9.47 Å². The highest BCUT2D eigenvalue weighted by atomic mass is 16.5. The predicted molar refractivity (Wildman–Crippen MR) is 87.3 cm³/mol. The number of fused-ring (bicyclic) bond motifs is 1. The molecule has 0 N–H and O–H groups in total. The second-order valence-corrected chi connectivity index (χ2v) is 5.70. The van der Waals surface area contributed by atoms with E-state index in [2.05, 4.69) is 39.4 Å². The monoisotopic (exact) mass is 301 g/mol. The lowest BCUT2D eigenvalue weighted by molar-refractivity contribution is 0.00605. The van der Waals surface area contributed by atoms with Crippen molar-refractivity contribution in [3.63, 3.8) is 0 Å². The Hall–Kier alpha value is -1.72. The normalized spacial score (nSPS) is 16.4. The molecular formula is C17H23N3O2. The number of aryl methyl sites for hydroxylation is 1. The Balaban J connectivity index is 1.70. The van der Waals surface area contributed by atoms with Crippen LogP contribution in [-0.2, 0) is 9.47 Å². The molecule has 0 spiro atoms. The van der Waals surface area contributed by atoms with E-state index < -0.39 is 0 Å². The summed E-state index contributed by atoms with van der Waals surface area (Å²) in [5.74, 6) is 0.997. The quantitative estimate of drug-likeness (QED) is 0.794. The van der Waals surface area contributed by atoms with Gasteiger partial charge in [-0.3, -0.25) is 0 Å². The van der Waals surface area contributed by atoms with Crippen LogP contribution in [0.15, 0.2) is 24.3 Å². The average Bonchev–Trinajstić information content (AvgIpc) is 2.57. The molecule has 118 valence electrons. The molecule has 1 aliphatic heterocycles. The molecule has 1 fully saturated rings. The van der Waals surface area contributed by atoms with E-state index in [0.717, 1.165) is 37.4 Å². The van der Waals surface area contributed by atoms with Crippen LogP contribution >= 0.6 is 0 Å². The van der Waals surface area contributed by atoms with Gasteiger partial charge in [-0.2, -0.15) is 5.10 Å². The summed E-state index contributed by atoms with van der Waals surface area (Å²) in [6.45, 7) is 5.26.